The van der Waals surface area contributed by atoms with E-state index in [-0.39, 0.29) is 42.4 Å². The van der Waals surface area contributed by atoms with Gasteiger partial charge < -0.3 is 5.32 Å². The molecule has 1 N–H and O–H groups in total. The van der Waals surface area contributed by atoms with Gasteiger partial charge in [0.05, 0.1) is 4.92 Å². The Balaban J connectivity index is 0.00000132. The van der Waals surface area contributed by atoms with Gasteiger partial charge in [-0.15, -0.1) is 24.8 Å². The monoisotopic (exact) mass is 365 g/mol. The summed E-state index contributed by atoms with van der Waals surface area (Å²) in [6.07, 6.45) is 3.29. The third kappa shape index (κ3) is 5.01. The number of nitrogens with one attached hydrogen (secondary N) is 1. The van der Waals surface area contributed by atoms with Crippen molar-refractivity contribution in [2.24, 2.45) is 5.92 Å². The molecule has 23 heavy (non-hydrogen) atoms. The summed E-state index contributed by atoms with van der Waals surface area (Å²) in [5.41, 5.74) is 0.459. The van der Waals surface area contributed by atoms with E-state index in [0.717, 1.165) is 32.6 Å². The molecule has 1 aliphatic heterocycles. The van der Waals surface area contributed by atoms with Crippen molar-refractivity contribution in [3.63, 3.8) is 0 Å². The predicted octanol–water partition coefficient (Wildman–Crippen LogP) is 3.32. The minimum atomic E-state index is -0.450. The van der Waals surface area contributed by atoms with Crippen LogP contribution in [0, 0.1) is 21.8 Å². The van der Waals surface area contributed by atoms with E-state index in [0.29, 0.717) is 11.5 Å². The van der Waals surface area contributed by atoms with Crippen LogP contribution in [0.25, 0.3) is 0 Å². The average molecular weight is 366 g/mol. The van der Waals surface area contributed by atoms with Gasteiger partial charge in [-0.1, -0.05) is 12.8 Å². The molecule has 0 bridgehead atoms. The fourth-order valence-corrected chi connectivity index (χ4v) is 3.04. The molecule has 1 aromatic carbocycles. The standard InChI is InChI=1S/C15H20FN3O2.2ClH/c16-14-4-3-12(19(20)21)10-13(14)15(9-11-1-2-11)18-7-5-17-6-8-18;;/h3-4,10-11,15,17H,1-2,5-9H2;2*1H/t15-;;/m1../s1. The Hall–Kier alpha value is -0.950. The Morgan fingerprint density at radius 2 is 1.96 bits per heavy atom. The molecule has 1 saturated carbocycles. The van der Waals surface area contributed by atoms with Gasteiger partial charge in [0, 0.05) is 49.9 Å². The highest BCUT2D eigenvalue weighted by atomic mass is 35.5. The van der Waals surface area contributed by atoms with Crippen LogP contribution in [0.5, 0.6) is 0 Å². The van der Waals surface area contributed by atoms with E-state index in [1.807, 2.05) is 0 Å². The summed E-state index contributed by atoms with van der Waals surface area (Å²) < 4.78 is 14.2. The molecule has 0 radical (unpaired) electrons. The van der Waals surface area contributed by atoms with Crippen molar-refractivity contribution in [1.82, 2.24) is 10.2 Å². The lowest BCUT2D eigenvalue weighted by Crippen LogP contribution is -2.45. The maximum Gasteiger partial charge on any atom is 0.269 e. The topological polar surface area (TPSA) is 58.4 Å². The van der Waals surface area contributed by atoms with Gasteiger partial charge in [-0.25, -0.2) is 4.39 Å². The molecular formula is C15H22Cl2FN3O2. The molecule has 0 amide bonds. The minimum Gasteiger partial charge on any atom is -0.314 e. The van der Waals surface area contributed by atoms with Gasteiger partial charge in [-0.2, -0.15) is 0 Å². The quantitative estimate of drug-likeness (QED) is 0.642. The number of benzene rings is 1. The Labute approximate surface area is 147 Å². The van der Waals surface area contributed by atoms with Crippen molar-refractivity contribution in [3.05, 3.63) is 39.7 Å². The van der Waals surface area contributed by atoms with Crippen LogP contribution in [0.1, 0.15) is 30.9 Å². The summed E-state index contributed by atoms with van der Waals surface area (Å²) >= 11 is 0. The van der Waals surface area contributed by atoms with E-state index in [1.54, 1.807) is 0 Å². The fraction of sp³-hybridized carbons (Fsp3) is 0.600. The average Bonchev–Trinajstić information content (AvgIpc) is 3.30. The molecule has 2 fully saturated rings. The summed E-state index contributed by atoms with van der Waals surface area (Å²) in [7, 11) is 0. The molecule has 2 aliphatic rings. The number of non-ortho nitro benzene ring substituents is 1. The van der Waals surface area contributed by atoms with E-state index < -0.39 is 4.92 Å². The largest absolute Gasteiger partial charge is 0.314 e. The third-order valence-electron chi connectivity index (χ3n) is 4.40. The van der Waals surface area contributed by atoms with Crippen molar-refractivity contribution >= 4 is 30.5 Å². The molecule has 1 saturated heterocycles. The molecule has 0 unspecified atom stereocenters. The minimum absolute atomic E-state index is 0. The Kier molecular flexibility index (Phi) is 7.67. The summed E-state index contributed by atoms with van der Waals surface area (Å²) in [5, 5.41) is 14.2. The maximum absolute atomic E-state index is 14.2. The van der Waals surface area contributed by atoms with Gasteiger partial charge in [0.1, 0.15) is 5.82 Å². The van der Waals surface area contributed by atoms with Crippen LogP contribution < -0.4 is 5.32 Å². The Morgan fingerprint density at radius 1 is 1.30 bits per heavy atom. The first kappa shape index (κ1) is 20.1. The van der Waals surface area contributed by atoms with Crippen molar-refractivity contribution in [2.75, 3.05) is 26.2 Å². The van der Waals surface area contributed by atoms with E-state index in [9.17, 15) is 14.5 Å². The zero-order valence-electron chi connectivity index (χ0n) is 12.7. The summed E-state index contributed by atoms with van der Waals surface area (Å²) in [5.74, 6) is 0.313. The maximum atomic E-state index is 14.2. The highest BCUT2D eigenvalue weighted by Gasteiger charge is 2.32. The second-order valence-electron chi connectivity index (χ2n) is 5.94. The number of nitro groups is 1. The number of hydrogen-bond acceptors (Lipinski definition) is 4. The van der Waals surface area contributed by atoms with Crippen LogP contribution >= 0.6 is 24.8 Å². The highest BCUT2D eigenvalue weighted by Crippen LogP contribution is 2.41. The van der Waals surface area contributed by atoms with Crippen LogP contribution in [0.4, 0.5) is 10.1 Å². The molecule has 0 spiro atoms. The second-order valence-corrected chi connectivity index (χ2v) is 5.94. The van der Waals surface area contributed by atoms with Crippen molar-refractivity contribution in [3.8, 4) is 0 Å². The summed E-state index contributed by atoms with van der Waals surface area (Å²) in [4.78, 5) is 12.8. The van der Waals surface area contributed by atoms with Crippen molar-refractivity contribution in [1.29, 1.82) is 0 Å². The zero-order valence-corrected chi connectivity index (χ0v) is 14.4. The lowest BCUT2D eigenvalue weighted by molar-refractivity contribution is -0.385. The SMILES string of the molecule is Cl.Cl.O=[N+]([O-])c1ccc(F)c([C@@H](CC2CC2)N2CCNCC2)c1. The summed E-state index contributed by atoms with van der Waals surface area (Å²) in [6, 6.07) is 3.85. The number of nitro benzene ring substituents is 1. The third-order valence-corrected chi connectivity index (χ3v) is 4.40. The van der Waals surface area contributed by atoms with Crippen LogP contribution in [-0.2, 0) is 0 Å². The number of piperazine rings is 1. The van der Waals surface area contributed by atoms with Gasteiger partial charge in [-0.05, 0) is 18.4 Å². The van der Waals surface area contributed by atoms with Gasteiger partial charge in [0.15, 0.2) is 0 Å². The first-order valence-corrected chi connectivity index (χ1v) is 7.54. The Morgan fingerprint density at radius 3 is 2.52 bits per heavy atom. The molecule has 1 aromatic rings. The van der Waals surface area contributed by atoms with Crippen LogP contribution in [-0.4, -0.2) is 36.0 Å². The molecule has 1 heterocycles. The molecule has 1 atom stereocenters. The van der Waals surface area contributed by atoms with Crippen LogP contribution in [0.2, 0.25) is 0 Å². The molecular weight excluding hydrogens is 344 g/mol. The number of halogens is 3. The molecule has 1 aliphatic carbocycles. The molecule has 8 heteroatoms. The van der Waals surface area contributed by atoms with Gasteiger partial charge in [-0.3, -0.25) is 15.0 Å². The molecule has 3 rings (SSSR count). The lowest BCUT2D eigenvalue weighted by atomic mass is 9.97. The molecule has 0 aromatic heterocycles. The highest BCUT2D eigenvalue weighted by molar-refractivity contribution is 5.85. The zero-order chi connectivity index (χ0) is 14.8. The van der Waals surface area contributed by atoms with Gasteiger partial charge in [0.25, 0.3) is 5.69 Å². The smallest absolute Gasteiger partial charge is 0.269 e. The normalized spacial score (nSPS) is 19.3. The van der Waals surface area contributed by atoms with E-state index in [1.165, 1.54) is 31.0 Å². The molecule has 5 nitrogen and oxygen atoms in total. The van der Waals surface area contributed by atoms with Crippen LogP contribution in [0.3, 0.4) is 0 Å². The fourth-order valence-electron chi connectivity index (χ4n) is 3.04. The van der Waals surface area contributed by atoms with Crippen molar-refractivity contribution in [2.45, 2.75) is 25.3 Å². The molecule has 130 valence electrons. The van der Waals surface area contributed by atoms with Crippen LogP contribution in [0.15, 0.2) is 18.2 Å². The first-order valence-electron chi connectivity index (χ1n) is 7.54. The second kappa shape index (κ2) is 8.78. The number of nitrogens with zero attached hydrogens (tertiary/aromatic N) is 2. The number of hydrogen-bond donors (Lipinski definition) is 1. The van der Waals surface area contributed by atoms with E-state index in [4.69, 9.17) is 0 Å². The van der Waals surface area contributed by atoms with E-state index in [2.05, 4.69) is 10.2 Å². The number of rotatable bonds is 5. The Bertz CT molecular complexity index is 537. The van der Waals surface area contributed by atoms with E-state index >= 15 is 0 Å². The summed E-state index contributed by atoms with van der Waals surface area (Å²) in [6.45, 7) is 3.49. The predicted molar refractivity (Wildman–Crippen MR) is 92.1 cm³/mol. The lowest BCUT2D eigenvalue weighted by Gasteiger charge is -2.35. The first-order chi connectivity index (χ1) is 10.1. The van der Waals surface area contributed by atoms with Crippen molar-refractivity contribution < 1.29 is 9.31 Å². The van der Waals surface area contributed by atoms with Gasteiger partial charge in [0.2, 0.25) is 0 Å². The van der Waals surface area contributed by atoms with Gasteiger partial charge >= 0.3 is 0 Å².